The van der Waals surface area contributed by atoms with Crippen LogP contribution < -0.4 is 10.1 Å². The SMILES string of the molecule is CNCC1(C(=O)c2ccc(OC)c(C)c2C)CCC1. The molecule has 1 fully saturated rings. The maximum absolute atomic E-state index is 12.8. The van der Waals surface area contributed by atoms with Crippen LogP contribution in [-0.2, 0) is 0 Å². The van der Waals surface area contributed by atoms with Crippen LogP contribution in [0.2, 0.25) is 0 Å². The van der Waals surface area contributed by atoms with Crippen LogP contribution in [0.3, 0.4) is 0 Å². The number of ether oxygens (including phenoxy) is 1. The largest absolute Gasteiger partial charge is 0.496 e. The molecule has 1 N–H and O–H groups in total. The number of rotatable bonds is 5. The Labute approximate surface area is 115 Å². The van der Waals surface area contributed by atoms with Crippen LogP contribution in [0.15, 0.2) is 12.1 Å². The van der Waals surface area contributed by atoms with Crippen LogP contribution in [0.5, 0.6) is 5.75 Å². The highest BCUT2D eigenvalue weighted by atomic mass is 16.5. The van der Waals surface area contributed by atoms with Crippen molar-refractivity contribution in [1.29, 1.82) is 0 Å². The van der Waals surface area contributed by atoms with E-state index in [1.807, 2.05) is 33.0 Å². The molecule has 0 aromatic heterocycles. The molecular formula is C16H23NO2. The fourth-order valence-corrected chi connectivity index (χ4v) is 2.97. The molecular weight excluding hydrogens is 238 g/mol. The second-order valence-electron chi connectivity index (χ2n) is 5.56. The van der Waals surface area contributed by atoms with E-state index in [0.29, 0.717) is 0 Å². The topological polar surface area (TPSA) is 38.3 Å². The Morgan fingerprint density at radius 2 is 2.00 bits per heavy atom. The van der Waals surface area contributed by atoms with Gasteiger partial charge in [0.15, 0.2) is 5.78 Å². The first kappa shape index (κ1) is 14.1. The van der Waals surface area contributed by atoms with Crippen molar-refractivity contribution in [3.63, 3.8) is 0 Å². The lowest BCUT2D eigenvalue weighted by Gasteiger charge is -2.40. The number of carbonyl (C=O) groups is 1. The minimum atomic E-state index is -0.180. The Hall–Kier alpha value is -1.35. The number of ketones is 1. The average molecular weight is 261 g/mol. The molecule has 0 aliphatic heterocycles. The molecule has 104 valence electrons. The van der Waals surface area contributed by atoms with E-state index in [4.69, 9.17) is 4.74 Å². The summed E-state index contributed by atoms with van der Waals surface area (Å²) in [4.78, 5) is 12.8. The lowest BCUT2D eigenvalue weighted by molar-refractivity contribution is 0.0613. The summed E-state index contributed by atoms with van der Waals surface area (Å²) in [5.74, 6) is 1.14. The third kappa shape index (κ3) is 2.27. The van der Waals surface area contributed by atoms with E-state index in [0.717, 1.165) is 48.2 Å². The van der Waals surface area contributed by atoms with E-state index in [1.165, 1.54) is 0 Å². The predicted molar refractivity (Wildman–Crippen MR) is 77.0 cm³/mol. The van der Waals surface area contributed by atoms with Gasteiger partial charge >= 0.3 is 0 Å². The highest BCUT2D eigenvalue weighted by Gasteiger charge is 2.44. The van der Waals surface area contributed by atoms with Crippen molar-refractivity contribution in [3.8, 4) is 5.75 Å². The summed E-state index contributed by atoms with van der Waals surface area (Å²) in [6.45, 7) is 4.80. The van der Waals surface area contributed by atoms with Crippen LogP contribution in [-0.4, -0.2) is 26.5 Å². The molecule has 0 radical (unpaired) electrons. The zero-order valence-corrected chi connectivity index (χ0v) is 12.3. The van der Waals surface area contributed by atoms with Gasteiger partial charge in [-0.25, -0.2) is 0 Å². The number of benzene rings is 1. The van der Waals surface area contributed by atoms with Gasteiger partial charge in [-0.15, -0.1) is 0 Å². The third-order valence-electron chi connectivity index (χ3n) is 4.51. The van der Waals surface area contributed by atoms with E-state index in [9.17, 15) is 4.79 Å². The van der Waals surface area contributed by atoms with Crippen molar-refractivity contribution in [1.82, 2.24) is 5.32 Å². The molecule has 1 saturated carbocycles. The molecule has 0 unspecified atom stereocenters. The molecule has 0 amide bonds. The predicted octanol–water partition coefficient (Wildman–Crippen LogP) is 2.88. The number of Topliss-reactive ketones (excluding diaryl/α,β-unsaturated/α-hetero) is 1. The number of hydrogen-bond acceptors (Lipinski definition) is 3. The molecule has 0 saturated heterocycles. The molecule has 0 spiro atoms. The first-order chi connectivity index (χ1) is 9.05. The monoisotopic (exact) mass is 261 g/mol. The molecule has 0 bridgehead atoms. The number of hydrogen-bond donors (Lipinski definition) is 1. The van der Waals surface area contributed by atoms with Crippen LogP contribution >= 0.6 is 0 Å². The molecule has 0 heterocycles. The van der Waals surface area contributed by atoms with E-state index in [1.54, 1.807) is 7.11 Å². The van der Waals surface area contributed by atoms with E-state index < -0.39 is 0 Å². The molecule has 1 aromatic carbocycles. The van der Waals surface area contributed by atoms with Gasteiger partial charge < -0.3 is 10.1 Å². The smallest absolute Gasteiger partial charge is 0.170 e. The Balaban J connectivity index is 2.36. The highest BCUT2D eigenvalue weighted by Crippen LogP contribution is 2.44. The Bertz CT molecular complexity index is 490. The third-order valence-corrected chi connectivity index (χ3v) is 4.51. The molecule has 3 heteroatoms. The van der Waals surface area contributed by atoms with Crippen LogP contribution in [0, 0.1) is 19.3 Å². The molecule has 1 aliphatic carbocycles. The fourth-order valence-electron chi connectivity index (χ4n) is 2.97. The highest BCUT2D eigenvalue weighted by molar-refractivity contribution is 6.02. The van der Waals surface area contributed by atoms with Crippen LogP contribution in [0.1, 0.15) is 40.7 Å². The lowest BCUT2D eigenvalue weighted by Crippen LogP contribution is -2.45. The van der Waals surface area contributed by atoms with Crippen LogP contribution in [0.25, 0.3) is 0 Å². The van der Waals surface area contributed by atoms with Gasteiger partial charge in [-0.1, -0.05) is 6.42 Å². The number of methoxy groups -OCH3 is 1. The quantitative estimate of drug-likeness (QED) is 0.828. The minimum absolute atomic E-state index is 0.180. The number of nitrogens with one attached hydrogen (secondary N) is 1. The summed E-state index contributed by atoms with van der Waals surface area (Å²) in [5, 5.41) is 3.17. The second-order valence-corrected chi connectivity index (χ2v) is 5.56. The summed E-state index contributed by atoms with van der Waals surface area (Å²) >= 11 is 0. The van der Waals surface area contributed by atoms with Crippen molar-refractivity contribution in [2.75, 3.05) is 20.7 Å². The number of carbonyl (C=O) groups excluding carboxylic acids is 1. The van der Waals surface area contributed by atoms with Gasteiger partial charge in [0.1, 0.15) is 5.75 Å². The van der Waals surface area contributed by atoms with E-state index in [-0.39, 0.29) is 11.2 Å². The average Bonchev–Trinajstić information content (AvgIpc) is 2.36. The lowest BCUT2D eigenvalue weighted by atomic mass is 9.64. The van der Waals surface area contributed by atoms with Crippen molar-refractivity contribution in [2.24, 2.45) is 5.41 Å². The molecule has 3 nitrogen and oxygen atoms in total. The van der Waals surface area contributed by atoms with Gasteiger partial charge in [0, 0.05) is 17.5 Å². The zero-order chi connectivity index (χ0) is 14.0. The molecule has 19 heavy (non-hydrogen) atoms. The van der Waals surface area contributed by atoms with Gasteiger partial charge in [0.25, 0.3) is 0 Å². The summed E-state index contributed by atoms with van der Waals surface area (Å²) in [5.41, 5.74) is 2.79. The first-order valence-electron chi connectivity index (χ1n) is 6.89. The zero-order valence-electron chi connectivity index (χ0n) is 12.3. The van der Waals surface area contributed by atoms with Gasteiger partial charge in [0.2, 0.25) is 0 Å². The summed E-state index contributed by atoms with van der Waals surface area (Å²) < 4.78 is 5.31. The van der Waals surface area contributed by atoms with E-state index >= 15 is 0 Å². The minimum Gasteiger partial charge on any atom is -0.496 e. The Morgan fingerprint density at radius 1 is 1.32 bits per heavy atom. The van der Waals surface area contributed by atoms with Crippen molar-refractivity contribution in [2.45, 2.75) is 33.1 Å². The molecule has 2 rings (SSSR count). The Morgan fingerprint density at radius 3 is 2.47 bits per heavy atom. The maximum Gasteiger partial charge on any atom is 0.170 e. The second kappa shape index (κ2) is 5.33. The maximum atomic E-state index is 12.8. The molecule has 0 atom stereocenters. The standard InChI is InChI=1S/C16H23NO2/c1-11-12(2)14(19-4)7-6-13(11)15(18)16(10-17-3)8-5-9-16/h6-7,17H,5,8-10H2,1-4H3. The summed E-state index contributed by atoms with van der Waals surface area (Å²) in [7, 11) is 3.58. The fraction of sp³-hybridized carbons (Fsp3) is 0.562. The summed E-state index contributed by atoms with van der Waals surface area (Å²) in [6.07, 6.45) is 3.15. The van der Waals surface area contributed by atoms with Gasteiger partial charge in [-0.2, -0.15) is 0 Å². The van der Waals surface area contributed by atoms with Gasteiger partial charge in [-0.3, -0.25) is 4.79 Å². The van der Waals surface area contributed by atoms with Crippen molar-refractivity contribution >= 4 is 5.78 Å². The van der Waals surface area contributed by atoms with Crippen molar-refractivity contribution < 1.29 is 9.53 Å². The summed E-state index contributed by atoms with van der Waals surface area (Å²) in [6, 6.07) is 3.82. The molecule has 1 aliphatic rings. The van der Waals surface area contributed by atoms with Gasteiger partial charge in [-0.05, 0) is 57.0 Å². The normalized spacial score (nSPS) is 16.8. The Kier molecular flexibility index (Phi) is 3.95. The van der Waals surface area contributed by atoms with Crippen LogP contribution in [0.4, 0.5) is 0 Å². The first-order valence-corrected chi connectivity index (χ1v) is 6.89. The van der Waals surface area contributed by atoms with Gasteiger partial charge in [0.05, 0.1) is 7.11 Å². The van der Waals surface area contributed by atoms with E-state index in [2.05, 4.69) is 5.32 Å². The van der Waals surface area contributed by atoms with Crippen molar-refractivity contribution in [3.05, 3.63) is 28.8 Å². The molecule has 1 aromatic rings.